The molecule has 1 atom stereocenters. The van der Waals surface area contributed by atoms with Gasteiger partial charge in [0.05, 0.1) is 17.4 Å². The molecule has 1 aliphatic heterocycles. The number of hydrogen-bond acceptors (Lipinski definition) is 8. The number of hydrogen-bond donors (Lipinski definition) is 1. The SMILES string of the molecule is CCOC(=O)C1CCCN(c2ncnc(Nc3ccccc3C)c2[N+](=O)[O-])C1. The Labute approximate surface area is 162 Å². The molecule has 9 heteroatoms. The van der Waals surface area contributed by atoms with Gasteiger partial charge in [0.15, 0.2) is 0 Å². The van der Waals surface area contributed by atoms with Gasteiger partial charge in [-0.3, -0.25) is 14.9 Å². The van der Waals surface area contributed by atoms with Crippen LogP contribution in [0.2, 0.25) is 0 Å². The normalized spacial score (nSPS) is 16.5. The van der Waals surface area contributed by atoms with Crippen molar-refractivity contribution in [1.82, 2.24) is 9.97 Å². The third-order valence-electron chi connectivity index (χ3n) is 4.72. The number of aryl methyl sites for hydroxylation is 1. The lowest BCUT2D eigenvalue weighted by atomic mass is 9.98. The molecule has 0 saturated carbocycles. The van der Waals surface area contributed by atoms with Crippen molar-refractivity contribution in [2.24, 2.45) is 5.92 Å². The Morgan fingerprint density at radius 3 is 2.89 bits per heavy atom. The fourth-order valence-electron chi connectivity index (χ4n) is 3.32. The van der Waals surface area contributed by atoms with Gasteiger partial charge in [0.2, 0.25) is 11.6 Å². The molecular weight excluding hydrogens is 362 g/mol. The summed E-state index contributed by atoms with van der Waals surface area (Å²) in [6, 6.07) is 7.48. The third-order valence-corrected chi connectivity index (χ3v) is 4.72. The molecule has 2 heterocycles. The Hall–Kier alpha value is -3.23. The summed E-state index contributed by atoms with van der Waals surface area (Å²) in [6.45, 7) is 4.90. The number of anilines is 3. The van der Waals surface area contributed by atoms with E-state index in [1.807, 2.05) is 31.2 Å². The van der Waals surface area contributed by atoms with E-state index in [0.29, 0.717) is 26.1 Å². The molecule has 2 aromatic rings. The second-order valence-electron chi connectivity index (χ2n) is 6.63. The molecule has 3 rings (SSSR count). The van der Waals surface area contributed by atoms with Crippen LogP contribution >= 0.6 is 0 Å². The van der Waals surface area contributed by atoms with Crippen molar-refractivity contribution >= 4 is 29.0 Å². The quantitative estimate of drug-likeness (QED) is 0.458. The number of nitrogens with one attached hydrogen (secondary N) is 1. The van der Waals surface area contributed by atoms with Gasteiger partial charge in [-0.15, -0.1) is 0 Å². The van der Waals surface area contributed by atoms with Gasteiger partial charge in [0.1, 0.15) is 6.33 Å². The Balaban J connectivity index is 1.92. The van der Waals surface area contributed by atoms with Gasteiger partial charge in [0, 0.05) is 18.8 Å². The number of ether oxygens (including phenoxy) is 1. The minimum absolute atomic E-state index is 0.127. The molecule has 1 unspecified atom stereocenters. The lowest BCUT2D eigenvalue weighted by Gasteiger charge is -2.32. The fourth-order valence-corrected chi connectivity index (χ4v) is 3.32. The number of para-hydroxylation sites is 1. The van der Waals surface area contributed by atoms with Gasteiger partial charge in [0.25, 0.3) is 0 Å². The van der Waals surface area contributed by atoms with Crippen molar-refractivity contribution in [3.63, 3.8) is 0 Å². The van der Waals surface area contributed by atoms with Crippen LogP contribution in [0, 0.1) is 23.0 Å². The lowest BCUT2D eigenvalue weighted by molar-refractivity contribution is -0.383. The predicted octanol–water partition coefficient (Wildman–Crippen LogP) is 3.22. The van der Waals surface area contributed by atoms with Crippen LogP contribution in [0.25, 0.3) is 0 Å². The number of carbonyl (C=O) groups excluding carboxylic acids is 1. The molecule has 1 saturated heterocycles. The maximum Gasteiger partial charge on any atom is 0.353 e. The van der Waals surface area contributed by atoms with E-state index in [1.54, 1.807) is 11.8 Å². The van der Waals surface area contributed by atoms with Gasteiger partial charge in [-0.25, -0.2) is 9.97 Å². The minimum Gasteiger partial charge on any atom is -0.466 e. The minimum atomic E-state index is -0.482. The van der Waals surface area contributed by atoms with Gasteiger partial charge in [-0.2, -0.15) is 0 Å². The topological polar surface area (TPSA) is 110 Å². The first-order valence-electron chi connectivity index (χ1n) is 9.24. The maximum atomic E-state index is 12.1. The number of benzene rings is 1. The summed E-state index contributed by atoms with van der Waals surface area (Å²) in [5.41, 5.74) is 1.48. The molecule has 0 aliphatic carbocycles. The number of aromatic nitrogens is 2. The Kier molecular flexibility index (Phi) is 6.03. The molecule has 1 aromatic carbocycles. The summed E-state index contributed by atoms with van der Waals surface area (Å²) in [6.07, 6.45) is 2.73. The Bertz CT molecular complexity index is 873. The van der Waals surface area contributed by atoms with Crippen molar-refractivity contribution in [2.75, 3.05) is 29.9 Å². The molecule has 0 radical (unpaired) electrons. The largest absolute Gasteiger partial charge is 0.466 e. The molecule has 0 amide bonds. The van der Waals surface area contributed by atoms with Gasteiger partial charge in [-0.1, -0.05) is 18.2 Å². The number of carbonyl (C=O) groups is 1. The smallest absolute Gasteiger partial charge is 0.353 e. The van der Waals surface area contributed by atoms with E-state index < -0.39 is 4.92 Å². The molecule has 9 nitrogen and oxygen atoms in total. The Morgan fingerprint density at radius 1 is 1.39 bits per heavy atom. The molecule has 148 valence electrons. The molecule has 1 fully saturated rings. The van der Waals surface area contributed by atoms with Crippen molar-refractivity contribution in [1.29, 1.82) is 0 Å². The van der Waals surface area contributed by atoms with Crippen LogP contribution in [0.1, 0.15) is 25.3 Å². The second-order valence-corrected chi connectivity index (χ2v) is 6.63. The van der Waals surface area contributed by atoms with E-state index in [4.69, 9.17) is 4.74 Å². The number of nitro groups is 1. The highest BCUT2D eigenvalue weighted by molar-refractivity contribution is 5.77. The maximum absolute atomic E-state index is 12.1. The van der Waals surface area contributed by atoms with E-state index in [9.17, 15) is 14.9 Å². The average molecular weight is 385 g/mol. The average Bonchev–Trinajstić information content (AvgIpc) is 2.69. The third kappa shape index (κ3) is 4.19. The second kappa shape index (κ2) is 8.64. The summed E-state index contributed by atoms with van der Waals surface area (Å²) in [7, 11) is 0. The highest BCUT2D eigenvalue weighted by atomic mass is 16.6. The molecule has 1 aliphatic rings. The lowest BCUT2D eigenvalue weighted by Crippen LogP contribution is -2.40. The first kappa shape index (κ1) is 19.5. The number of rotatable bonds is 6. The zero-order chi connectivity index (χ0) is 20.1. The number of piperidine rings is 1. The van der Waals surface area contributed by atoms with Crippen LogP contribution < -0.4 is 10.2 Å². The van der Waals surface area contributed by atoms with Crippen molar-refractivity contribution in [3.8, 4) is 0 Å². The first-order valence-corrected chi connectivity index (χ1v) is 9.24. The van der Waals surface area contributed by atoms with Crippen LogP contribution in [-0.2, 0) is 9.53 Å². The zero-order valence-electron chi connectivity index (χ0n) is 15.9. The number of nitrogens with zero attached hydrogens (tertiary/aromatic N) is 4. The molecule has 28 heavy (non-hydrogen) atoms. The molecule has 0 bridgehead atoms. The van der Waals surface area contributed by atoms with Gasteiger partial charge < -0.3 is 15.0 Å². The summed E-state index contributed by atoms with van der Waals surface area (Å²) in [4.78, 5) is 33.5. The van der Waals surface area contributed by atoms with Crippen LogP contribution in [0.5, 0.6) is 0 Å². The van der Waals surface area contributed by atoms with Crippen LogP contribution in [0.15, 0.2) is 30.6 Å². The van der Waals surface area contributed by atoms with Crippen LogP contribution in [-0.4, -0.2) is 40.6 Å². The Morgan fingerprint density at radius 2 is 2.18 bits per heavy atom. The zero-order valence-corrected chi connectivity index (χ0v) is 15.9. The summed E-state index contributed by atoms with van der Waals surface area (Å²) >= 11 is 0. The van der Waals surface area contributed by atoms with E-state index in [-0.39, 0.29) is 29.2 Å². The van der Waals surface area contributed by atoms with E-state index in [0.717, 1.165) is 17.7 Å². The van der Waals surface area contributed by atoms with E-state index in [2.05, 4.69) is 15.3 Å². The van der Waals surface area contributed by atoms with E-state index in [1.165, 1.54) is 6.33 Å². The highest BCUT2D eigenvalue weighted by Gasteiger charge is 2.33. The monoisotopic (exact) mass is 385 g/mol. The highest BCUT2D eigenvalue weighted by Crippen LogP contribution is 2.36. The standard InChI is InChI=1S/C19H23N5O4/c1-3-28-19(25)14-8-6-10-23(11-14)18-16(24(26)27)17(20-12-21-18)22-15-9-5-4-7-13(15)2/h4-5,7,9,12,14H,3,6,8,10-11H2,1-2H3,(H,20,21,22). The van der Waals surface area contributed by atoms with Crippen molar-refractivity contribution in [3.05, 3.63) is 46.3 Å². The first-order chi connectivity index (χ1) is 13.5. The fraction of sp³-hybridized carbons (Fsp3) is 0.421. The predicted molar refractivity (Wildman–Crippen MR) is 105 cm³/mol. The van der Waals surface area contributed by atoms with Crippen molar-refractivity contribution in [2.45, 2.75) is 26.7 Å². The molecule has 1 N–H and O–H groups in total. The number of esters is 1. The molecular formula is C19H23N5O4. The molecule has 1 aromatic heterocycles. The van der Waals surface area contributed by atoms with Gasteiger partial charge >= 0.3 is 11.7 Å². The molecule has 0 spiro atoms. The van der Waals surface area contributed by atoms with E-state index >= 15 is 0 Å². The van der Waals surface area contributed by atoms with Crippen LogP contribution in [0.3, 0.4) is 0 Å². The van der Waals surface area contributed by atoms with Gasteiger partial charge in [-0.05, 0) is 38.3 Å². The summed E-state index contributed by atoms with van der Waals surface area (Å²) in [5.74, 6) is -0.258. The van der Waals surface area contributed by atoms with Crippen LogP contribution in [0.4, 0.5) is 23.0 Å². The summed E-state index contributed by atoms with van der Waals surface area (Å²) < 4.78 is 5.11. The van der Waals surface area contributed by atoms with Crippen molar-refractivity contribution < 1.29 is 14.5 Å². The summed E-state index contributed by atoms with van der Waals surface area (Å²) in [5, 5.41) is 14.9.